The van der Waals surface area contributed by atoms with Crippen LogP contribution in [0.2, 0.25) is 0 Å². The summed E-state index contributed by atoms with van der Waals surface area (Å²) in [6.07, 6.45) is -6.59. The van der Waals surface area contributed by atoms with Crippen LogP contribution in [0.5, 0.6) is 11.5 Å². The van der Waals surface area contributed by atoms with E-state index >= 15 is 0 Å². The molecule has 4 N–H and O–H groups in total. The topological polar surface area (TPSA) is 135 Å². The molecule has 1 aromatic carbocycles. The van der Waals surface area contributed by atoms with Crippen LogP contribution in [0.25, 0.3) is 0 Å². The molecule has 1 fully saturated rings. The Hall–Kier alpha value is -1.91. The monoisotopic (exact) mass is 386 g/mol. The Bertz CT molecular complexity index is 619. The van der Waals surface area contributed by atoms with Crippen molar-refractivity contribution in [2.24, 2.45) is 0 Å². The second-order valence-corrected chi connectivity index (χ2v) is 6.03. The Balaban J connectivity index is 2.13. The summed E-state index contributed by atoms with van der Waals surface area (Å²) in [6, 6.07) is 4.76. The maximum Gasteiger partial charge on any atom is 0.305 e. The fraction of sp³-hybridized carbons (Fsp3) is 0.611. The quantitative estimate of drug-likeness (QED) is 0.445. The zero-order valence-electron chi connectivity index (χ0n) is 15.3. The number of hydrogen-bond donors (Lipinski definition) is 4. The molecule has 5 atom stereocenters. The van der Waals surface area contributed by atoms with E-state index in [-0.39, 0.29) is 24.7 Å². The predicted octanol–water partition coefficient (Wildman–Crippen LogP) is -0.283. The molecule has 1 aromatic rings. The normalized spacial score (nSPS) is 27.9. The van der Waals surface area contributed by atoms with Gasteiger partial charge in [0.25, 0.3) is 0 Å². The Morgan fingerprint density at radius 1 is 1.15 bits per heavy atom. The number of benzene rings is 1. The molecule has 9 heteroatoms. The van der Waals surface area contributed by atoms with Crippen molar-refractivity contribution in [3.8, 4) is 11.5 Å². The van der Waals surface area contributed by atoms with Crippen molar-refractivity contribution >= 4 is 5.97 Å². The fourth-order valence-corrected chi connectivity index (χ4v) is 2.58. The average Bonchev–Trinajstić information content (AvgIpc) is 2.67. The Morgan fingerprint density at radius 3 is 2.52 bits per heavy atom. The van der Waals surface area contributed by atoms with Gasteiger partial charge in [0, 0.05) is 18.1 Å². The third-order valence-electron chi connectivity index (χ3n) is 4.12. The summed E-state index contributed by atoms with van der Waals surface area (Å²) < 4.78 is 21.5. The van der Waals surface area contributed by atoms with E-state index < -0.39 is 37.3 Å². The van der Waals surface area contributed by atoms with Crippen molar-refractivity contribution in [3.63, 3.8) is 0 Å². The van der Waals surface area contributed by atoms with Crippen molar-refractivity contribution in [3.05, 3.63) is 23.8 Å². The van der Waals surface area contributed by atoms with Crippen molar-refractivity contribution in [2.75, 3.05) is 13.2 Å². The van der Waals surface area contributed by atoms with Gasteiger partial charge in [-0.3, -0.25) is 4.79 Å². The van der Waals surface area contributed by atoms with Gasteiger partial charge in [0.1, 0.15) is 42.5 Å². The van der Waals surface area contributed by atoms with Crippen molar-refractivity contribution in [2.45, 2.75) is 57.6 Å². The van der Waals surface area contributed by atoms with Gasteiger partial charge in [0.05, 0.1) is 13.2 Å². The number of hydrogen-bond acceptors (Lipinski definition) is 9. The maximum absolute atomic E-state index is 11.3. The summed E-state index contributed by atoms with van der Waals surface area (Å²) in [5.74, 6) is 0.371. The zero-order chi connectivity index (χ0) is 20.0. The molecule has 0 amide bonds. The van der Waals surface area contributed by atoms with Gasteiger partial charge in [-0.15, -0.1) is 0 Å². The molecule has 0 aromatic heterocycles. The first-order valence-electron chi connectivity index (χ1n) is 8.79. The van der Waals surface area contributed by atoms with Crippen molar-refractivity contribution in [1.82, 2.24) is 0 Å². The fourth-order valence-electron chi connectivity index (χ4n) is 2.58. The third kappa shape index (κ3) is 5.30. The lowest BCUT2D eigenvalue weighted by molar-refractivity contribution is -0.277. The molecule has 152 valence electrons. The zero-order valence-corrected chi connectivity index (χ0v) is 15.3. The summed E-state index contributed by atoms with van der Waals surface area (Å²) >= 11 is 0. The largest absolute Gasteiger partial charge is 0.493 e. The van der Waals surface area contributed by atoms with Crippen molar-refractivity contribution in [1.29, 1.82) is 0 Å². The number of esters is 1. The van der Waals surface area contributed by atoms with E-state index in [2.05, 4.69) is 0 Å². The Morgan fingerprint density at radius 2 is 1.89 bits per heavy atom. The van der Waals surface area contributed by atoms with Crippen LogP contribution < -0.4 is 9.47 Å². The van der Waals surface area contributed by atoms with Crippen LogP contribution in [-0.2, 0) is 20.9 Å². The molecule has 0 unspecified atom stereocenters. The molecular weight excluding hydrogens is 360 g/mol. The van der Waals surface area contributed by atoms with Crippen LogP contribution in [-0.4, -0.2) is 70.3 Å². The van der Waals surface area contributed by atoms with E-state index in [0.29, 0.717) is 17.9 Å². The smallest absolute Gasteiger partial charge is 0.305 e. The highest BCUT2D eigenvalue weighted by Crippen LogP contribution is 2.29. The van der Waals surface area contributed by atoms with Crippen LogP contribution in [0.1, 0.15) is 25.8 Å². The third-order valence-corrected chi connectivity index (χ3v) is 4.12. The molecule has 1 aliphatic heterocycles. The molecule has 2 rings (SSSR count). The average molecular weight is 386 g/mol. The van der Waals surface area contributed by atoms with Gasteiger partial charge >= 0.3 is 5.97 Å². The van der Waals surface area contributed by atoms with E-state index in [0.717, 1.165) is 0 Å². The first-order chi connectivity index (χ1) is 12.9. The number of carbonyl (C=O) groups excluding carboxylic acids is 1. The Kier molecular flexibility index (Phi) is 7.81. The van der Waals surface area contributed by atoms with Gasteiger partial charge in [-0.1, -0.05) is 6.92 Å². The molecular formula is C18H26O9. The number of aliphatic hydroxyl groups is 4. The van der Waals surface area contributed by atoms with Crippen LogP contribution in [0.4, 0.5) is 0 Å². The van der Waals surface area contributed by atoms with Gasteiger partial charge in [-0.2, -0.15) is 0 Å². The first kappa shape index (κ1) is 21.4. The van der Waals surface area contributed by atoms with Crippen molar-refractivity contribution < 1.29 is 44.2 Å². The highest BCUT2D eigenvalue weighted by atomic mass is 16.7. The van der Waals surface area contributed by atoms with Gasteiger partial charge in [0.15, 0.2) is 0 Å². The molecule has 9 nitrogen and oxygen atoms in total. The summed E-state index contributed by atoms with van der Waals surface area (Å²) in [6.45, 7) is 3.37. The summed E-state index contributed by atoms with van der Waals surface area (Å²) in [4.78, 5) is 11.3. The second kappa shape index (κ2) is 9.86. The van der Waals surface area contributed by atoms with Crippen LogP contribution in [0, 0.1) is 0 Å². The molecule has 1 saturated heterocycles. The molecule has 0 bridgehead atoms. The molecule has 0 aliphatic carbocycles. The first-order valence-corrected chi connectivity index (χ1v) is 8.79. The molecule has 0 saturated carbocycles. The minimum atomic E-state index is -1.53. The summed E-state index contributed by atoms with van der Waals surface area (Å²) in [5.41, 5.74) is 0.639. The van der Waals surface area contributed by atoms with Crippen LogP contribution in [0.3, 0.4) is 0 Å². The summed E-state index contributed by atoms with van der Waals surface area (Å²) in [5, 5.41) is 38.9. The van der Waals surface area contributed by atoms with E-state index in [1.165, 1.54) is 0 Å². The molecule has 27 heavy (non-hydrogen) atoms. The van der Waals surface area contributed by atoms with Gasteiger partial charge in [0.2, 0.25) is 6.29 Å². The second-order valence-electron chi connectivity index (χ2n) is 6.03. The molecule has 0 spiro atoms. The van der Waals surface area contributed by atoms with Gasteiger partial charge < -0.3 is 39.4 Å². The van der Waals surface area contributed by atoms with Crippen LogP contribution >= 0.6 is 0 Å². The lowest BCUT2D eigenvalue weighted by Gasteiger charge is -2.39. The Labute approximate surface area is 157 Å². The van der Waals surface area contributed by atoms with E-state index in [1.807, 2.05) is 0 Å². The number of rotatable bonds is 8. The lowest BCUT2D eigenvalue weighted by Crippen LogP contribution is -2.60. The number of ether oxygens (including phenoxy) is 4. The van der Waals surface area contributed by atoms with E-state index in [4.69, 9.17) is 18.9 Å². The molecule has 0 radical (unpaired) electrons. The van der Waals surface area contributed by atoms with Gasteiger partial charge in [-0.05, 0) is 19.1 Å². The minimum Gasteiger partial charge on any atom is -0.493 e. The summed E-state index contributed by atoms with van der Waals surface area (Å²) in [7, 11) is 0. The highest BCUT2D eigenvalue weighted by Gasteiger charge is 2.44. The predicted molar refractivity (Wildman–Crippen MR) is 92.1 cm³/mol. The van der Waals surface area contributed by atoms with Crippen LogP contribution in [0.15, 0.2) is 18.2 Å². The maximum atomic E-state index is 11.3. The number of carbonyl (C=O) groups is 1. The molecule has 1 aliphatic rings. The highest BCUT2D eigenvalue weighted by molar-refractivity contribution is 5.68. The lowest BCUT2D eigenvalue weighted by atomic mass is 9.99. The van der Waals surface area contributed by atoms with E-state index in [9.17, 15) is 25.2 Å². The molecule has 1 heterocycles. The minimum absolute atomic E-state index is 0.0440. The standard InChI is InChI=1S/C18H26O9/c1-3-14(20)25-9-10-5-6-11(7-12(10)24-4-2)26-18-17(23)16(22)15(21)13(8-19)27-18/h5-7,13,15-19,21-23H,3-4,8-9H2,1-2H3/t13-,15-,16+,17-,18-/m1/s1. The van der Waals surface area contributed by atoms with E-state index in [1.54, 1.807) is 32.0 Å². The SMILES string of the molecule is CCOc1cc(O[C@@H]2O[C@H](CO)[C@@H](O)[C@H](O)[C@H]2O)ccc1COC(=O)CC. The van der Waals surface area contributed by atoms with Gasteiger partial charge in [-0.25, -0.2) is 0 Å². The number of aliphatic hydroxyl groups excluding tert-OH is 4.